The minimum Gasteiger partial charge on any atom is -0.377 e. The first kappa shape index (κ1) is 20.3. The quantitative estimate of drug-likeness (QED) is 0.550. The van der Waals surface area contributed by atoms with Crippen LogP contribution in [0, 0.1) is 0 Å². The summed E-state index contributed by atoms with van der Waals surface area (Å²) in [5, 5.41) is 11.5. The predicted molar refractivity (Wildman–Crippen MR) is 110 cm³/mol. The van der Waals surface area contributed by atoms with Crippen LogP contribution in [-0.2, 0) is 37.4 Å². The molecule has 0 radical (unpaired) electrons. The fraction of sp³-hybridized carbons (Fsp3) is 0.550. The smallest absolute Gasteiger partial charge is 0.191 e. The first-order chi connectivity index (χ1) is 13.6. The van der Waals surface area contributed by atoms with Gasteiger partial charge in [-0.2, -0.15) is 5.10 Å². The molecule has 3 rings (SSSR count). The second-order valence-corrected chi connectivity index (χ2v) is 7.37. The lowest BCUT2D eigenvalue weighted by molar-refractivity contribution is 0.177. The van der Waals surface area contributed by atoms with Crippen molar-refractivity contribution in [2.24, 2.45) is 4.99 Å². The molecule has 0 saturated heterocycles. The topological polar surface area (TPSA) is 79.6 Å². The fourth-order valence-corrected chi connectivity index (χ4v) is 3.46. The second-order valence-electron chi connectivity index (χ2n) is 7.37. The first-order valence-corrected chi connectivity index (χ1v) is 9.69. The van der Waals surface area contributed by atoms with E-state index in [9.17, 15) is 0 Å². The molecule has 0 amide bonds. The van der Waals surface area contributed by atoms with E-state index in [2.05, 4.69) is 69.0 Å². The summed E-state index contributed by atoms with van der Waals surface area (Å²) in [6, 6.07) is 8.78. The Kier molecular flexibility index (Phi) is 7.00. The molecular weight excluding hydrogens is 354 g/mol. The molecule has 1 aromatic carbocycles. The molecule has 1 atom stereocenters. The normalized spacial score (nSPS) is 16.9. The molecule has 0 saturated carbocycles. The molecule has 28 heavy (non-hydrogen) atoms. The van der Waals surface area contributed by atoms with Crippen LogP contribution in [0.4, 0.5) is 0 Å². The van der Waals surface area contributed by atoms with Crippen LogP contribution in [0.2, 0.25) is 0 Å². The lowest BCUT2D eigenvalue weighted by Crippen LogP contribution is -2.46. The molecule has 2 N–H and O–H groups in total. The zero-order chi connectivity index (χ0) is 19.9. The van der Waals surface area contributed by atoms with E-state index in [1.54, 1.807) is 7.11 Å². The molecule has 0 spiro atoms. The third kappa shape index (κ3) is 5.30. The monoisotopic (exact) mass is 385 g/mol. The van der Waals surface area contributed by atoms with Gasteiger partial charge in [-0.3, -0.25) is 4.99 Å². The van der Waals surface area contributed by atoms with Crippen molar-refractivity contribution in [3.8, 4) is 0 Å². The van der Waals surface area contributed by atoms with Crippen molar-refractivity contribution in [1.29, 1.82) is 0 Å². The van der Waals surface area contributed by atoms with Crippen LogP contribution in [0.25, 0.3) is 0 Å². The lowest BCUT2D eigenvalue weighted by atomic mass is 10.1. The standard InChI is InChI=1S/C20H31N7O/c1-21-20(22-11-15-7-5-6-8-16(15)12-26(2)3)23-17-9-10-19-24-18(14-28-4)25-27(19)13-17/h5-8,17H,9-14H2,1-4H3,(H2,21,22,23). The third-order valence-electron chi connectivity index (χ3n) is 4.79. The summed E-state index contributed by atoms with van der Waals surface area (Å²) >= 11 is 0. The van der Waals surface area contributed by atoms with E-state index in [1.807, 2.05) is 11.7 Å². The van der Waals surface area contributed by atoms with Crippen LogP contribution in [-0.4, -0.2) is 59.9 Å². The van der Waals surface area contributed by atoms with E-state index in [-0.39, 0.29) is 6.04 Å². The van der Waals surface area contributed by atoms with E-state index in [0.717, 1.165) is 50.1 Å². The summed E-state index contributed by atoms with van der Waals surface area (Å²) in [4.78, 5) is 11.1. The summed E-state index contributed by atoms with van der Waals surface area (Å²) in [7, 11) is 7.65. The minimum atomic E-state index is 0.271. The van der Waals surface area contributed by atoms with E-state index in [1.165, 1.54) is 11.1 Å². The van der Waals surface area contributed by atoms with Crippen molar-refractivity contribution in [2.45, 2.75) is 45.1 Å². The number of hydrogen-bond acceptors (Lipinski definition) is 5. The average Bonchev–Trinajstić information content (AvgIpc) is 3.07. The summed E-state index contributed by atoms with van der Waals surface area (Å²) in [5.74, 6) is 2.59. The van der Waals surface area contributed by atoms with Crippen molar-refractivity contribution in [1.82, 2.24) is 30.3 Å². The molecule has 2 heterocycles. The number of nitrogens with zero attached hydrogens (tertiary/aromatic N) is 5. The maximum atomic E-state index is 5.14. The minimum absolute atomic E-state index is 0.271. The van der Waals surface area contributed by atoms with Gasteiger partial charge in [0.1, 0.15) is 12.4 Å². The van der Waals surface area contributed by atoms with Gasteiger partial charge in [-0.15, -0.1) is 0 Å². The molecule has 8 heteroatoms. The van der Waals surface area contributed by atoms with Crippen molar-refractivity contribution in [2.75, 3.05) is 28.3 Å². The van der Waals surface area contributed by atoms with Crippen molar-refractivity contribution in [3.63, 3.8) is 0 Å². The Morgan fingerprint density at radius 3 is 2.82 bits per heavy atom. The number of methoxy groups -OCH3 is 1. The number of hydrogen-bond donors (Lipinski definition) is 2. The van der Waals surface area contributed by atoms with Gasteiger partial charge in [0.25, 0.3) is 0 Å². The van der Waals surface area contributed by atoms with Gasteiger partial charge in [-0.05, 0) is 31.6 Å². The van der Waals surface area contributed by atoms with Gasteiger partial charge in [0.05, 0.1) is 6.54 Å². The number of aromatic nitrogens is 3. The highest BCUT2D eigenvalue weighted by molar-refractivity contribution is 5.80. The number of ether oxygens (including phenoxy) is 1. The van der Waals surface area contributed by atoms with Crippen molar-refractivity contribution < 1.29 is 4.74 Å². The molecule has 0 bridgehead atoms. The Balaban J connectivity index is 1.57. The van der Waals surface area contributed by atoms with E-state index >= 15 is 0 Å². The molecule has 1 unspecified atom stereocenters. The number of benzene rings is 1. The number of fused-ring (bicyclic) bond motifs is 1. The van der Waals surface area contributed by atoms with Gasteiger partial charge in [0, 0.05) is 39.7 Å². The highest BCUT2D eigenvalue weighted by Crippen LogP contribution is 2.14. The lowest BCUT2D eigenvalue weighted by Gasteiger charge is -2.25. The number of aliphatic imine (C=N–C) groups is 1. The number of rotatable bonds is 7. The van der Waals surface area contributed by atoms with Crippen LogP contribution in [0.15, 0.2) is 29.3 Å². The SMILES string of the molecule is CN=C(NCc1ccccc1CN(C)C)NC1CCc2nc(COC)nn2C1. The van der Waals surface area contributed by atoms with Gasteiger partial charge >= 0.3 is 0 Å². The number of nitrogens with one attached hydrogen (secondary N) is 2. The van der Waals surface area contributed by atoms with Gasteiger partial charge in [0.15, 0.2) is 11.8 Å². The van der Waals surface area contributed by atoms with Gasteiger partial charge in [-0.25, -0.2) is 9.67 Å². The Hall–Kier alpha value is -2.45. The van der Waals surface area contributed by atoms with Crippen LogP contribution in [0.5, 0.6) is 0 Å². The largest absolute Gasteiger partial charge is 0.377 e. The Labute approximate surface area is 167 Å². The Morgan fingerprint density at radius 1 is 1.32 bits per heavy atom. The predicted octanol–water partition coefficient (Wildman–Crippen LogP) is 1.17. The van der Waals surface area contributed by atoms with Crippen LogP contribution < -0.4 is 10.6 Å². The number of aryl methyl sites for hydroxylation is 1. The Bertz CT molecular complexity index is 800. The molecule has 1 aliphatic rings. The van der Waals surface area contributed by atoms with Gasteiger partial charge in [-0.1, -0.05) is 24.3 Å². The molecule has 0 fully saturated rings. The third-order valence-corrected chi connectivity index (χ3v) is 4.79. The van der Waals surface area contributed by atoms with Gasteiger partial charge in [0.2, 0.25) is 0 Å². The molecule has 2 aromatic rings. The molecule has 1 aromatic heterocycles. The Morgan fingerprint density at radius 2 is 2.11 bits per heavy atom. The van der Waals surface area contributed by atoms with Crippen LogP contribution in [0.3, 0.4) is 0 Å². The maximum Gasteiger partial charge on any atom is 0.191 e. The highest BCUT2D eigenvalue weighted by Gasteiger charge is 2.22. The highest BCUT2D eigenvalue weighted by atomic mass is 16.5. The van der Waals surface area contributed by atoms with Crippen LogP contribution in [0.1, 0.15) is 29.2 Å². The van der Waals surface area contributed by atoms with E-state index in [0.29, 0.717) is 6.61 Å². The average molecular weight is 386 g/mol. The van der Waals surface area contributed by atoms with Crippen molar-refractivity contribution >= 4 is 5.96 Å². The van der Waals surface area contributed by atoms with E-state index < -0.39 is 0 Å². The maximum absolute atomic E-state index is 5.14. The first-order valence-electron chi connectivity index (χ1n) is 9.69. The molecule has 0 aliphatic carbocycles. The molecule has 8 nitrogen and oxygen atoms in total. The summed E-state index contributed by atoms with van der Waals surface area (Å²) in [5.41, 5.74) is 2.61. The fourth-order valence-electron chi connectivity index (χ4n) is 3.46. The van der Waals surface area contributed by atoms with Crippen molar-refractivity contribution in [3.05, 3.63) is 47.0 Å². The molecule has 1 aliphatic heterocycles. The molecule has 152 valence electrons. The second kappa shape index (κ2) is 9.66. The summed E-state index contributed by atoms with van der Waals surface area (Å²) in [6.07, 6.45) is 1.90. The van der Waals surface area contributed by atoms with Gasteiger partial charge < -0.3 is 20.3 Å². The number of guanidine groups is 1. The zero-order valence-corrected chi connectivity index (χ0v) is 17.3. The zero-order valence-electron chi connectivity index (χ0n) is 17.3. The van der Waals surface area contributed by atoms with Crippen LogP contribution >= 0.6 is 0 Å². The summed E-state index contributed by atoms with van der Waals surface area (Å²) in [6.45, 7) is 2.89. The molecular formula is C20H31N7O. The summed E-state index contributed by atoms with van der Waals surface area (Å²) < 4.78 is 7.12. The van der Waals surface area contributed by atoms with E-state index in [4.69, 9.17) is 4.74 Å².